The van der Waals surface area contributed by atoms with Crippen LogP contribution in [0.4, 0.5) is 0 Å². The lowest BCUT2D eigenvalue weighted by atomic mass is 10.1. The van der Waals surface area contributed by atoms with Crippen molar-refractivity contribution in [3.8, 4) is 0 Å². The molecule has 0 atom stereocenters. The van der Waals surface area contributed by atoms with Gasteiger partial charge in [-0.15, -0.1) is 0 Å². The van der Waals surface area contributed by atoms with Crippen molar-refractivity contribution >= 4 is 16.0 Å². The molecule has 0 aliphatic rings. The highest BCUT2D eigenvalue weighted by atomic mass is 32.2. The molecule has 0 fully saturated rings. The standard InChI is InChI=1S/C11H16N2O4S/c1-9(14)17-13(18(2,15)16)8-11-5-3-4-10(6-11)7-12/h3-6H,7-8,12H2,1-2H3. The number of hydrogen-bond acceptors (Lipinski definition) is 5. The Balaban J connectivity index is 2.92. The van der Waals surface area contributed by atoms with Crippen LogP contribution in [0.3, 0.4) is 0 Å². The third kappa shape index (κ3) is 4.44. The summed E-state index contributed by atoms with van der Waals surface area (Å²) in [6.45, 7) is 1.47. The van der Waals surface area contributed by atoms with Crippen molar-refractivity contribution in [3.05, 3.63) is 35.4 Å². The van der Waals surface area contributed by atoms with Crippen LogP contribution < -0.4 is 5.73 Å². The van der Waals surface area contributed by atoms with Gasteiger partial charge in [0.2, 0.25) is 10.0 Å². The molecule has 100 valence electrons. The van der Waals surface area contributed by atoms with Gasteiger partial charge >= 0.3 is 5.97 Å². The van der Waals surface area contributed by atoms with Crippen molar-refractivity contribution in [3.63, 3.8) is 0 Å². The first-order valence-electron chi connectivity index (χ1n) is 5.27. The SMILES string of the molecule is CC(=O)ON(Cc1cccc(CN)c1)S(C)(=O)=O. The van der Waals surface area contributed by atoms with Gasteiger partial charge in [0.25, 0.3) is 0 Å². The van der Waals surface area contributed by atoms with Gasteiger partial charge in [-0.05, 0) is 15.6 Å². The normalized spacial score (nSPS) is 11.6. The van der Waals surface area contributed by atoms with Gasteiger partial charge in [0.15, 0.2) is 0 Å². The molecule has 0 bridgehead atoms. The Bertz CT molecular complexity index is 528. The molecule has 0 aromatic heterocycles. The van der Waals surface area contributed by atoms with Crippen molar-refractivity contribution in [1.29, 1.82) is 0 Å². The fourth-order valence-corrected chi connectivity index (χ4v) is 1.99. The van der Waals surface area contributed by atoms with Crippen LogP contribution in [0.25, 0.3) is 0 Å². The Kier molecular flexibility index (Phi) is 4.83. The minimum atomic E-state index is -3.62. The average molecular weight is 272 g/mol. The lowest BCUT2D eigenvalue weighted by Gasteiger charge is -2.18. The van der Waals surface area contributed by atoms with E-state index in [0.29, 0.717) is 16.6 Å². The molecule has 0 heterocycles. The van der Waals surface area contributed by atoms with Crippen molar-refractivity contribution < 1.29 is 18.0 Å². The van der Waals surface area contributed by atoms with Crippen LogP contribution in [0.1, 0.15) is 18.1 Å². The molecule has 1 rings (SSSR count). The summed E-state index contributed by atoms with van der Waals surface area (Å²) in [5, 5.41) is 0. The first-order chi connectivity index (χ1) is 8.32. The minimum Gasteiger partial charge on any atom is -0.353 e. The van der Waals surface area contributed by atoms with Gasteiger partial charge in [-0.3, -0.25) is 4.79 Å². The third-order valence-electron chi connectivity index (χ3n) is 2.14. The second-order valence-corrected chi connectivity index (χ2v) is 5.70. The second kappa shape index (κ2) is 5.94. The highest BCUT2D eigenvalue weighted by Crippen LogP contribution is 2.11. The number of sulfonamides is 1. The molecule has 7 heteroatoms. The number of nitrogens with two attached hydrogens (primary N) is 1. The van der Waals surface area contributed by atoms with E-state index in [-0.39, 0.29) is 6.54 Å². The Morgan fingerprint density at radius 3 is 2.50 bits per heavy atom. The van der Waals surface area contributed by atoms with Crippen LogP contribution in [0.5, 0.6) is 0 Å². The largest absolute Gasteiger partial charge is 0.353 e. The molecule has 18 heavy (non-hydrogen) atoms. The molecule has 0 aliphatic heterocycles. The Morgan fingerprint density at radius 1 is 1.39 bits per heavy atom. The maximum Gasteiger partial charge on any atom is 0.323 e. The lowest BCUT2D eigenvalue weighted by Crippen LogP contribution is -2.31. The molecule has 1 aromatic rings. The summed E-state index contributed by atoms with van der Waals surface area (Å²) in [5.41, 5.74) is 7.08. The van der Waals surface area contributed by atoms with Crippen molar-refractivity contribution in [1.82, 2.24) is 4.47 Å². The van der Waals surface area contributed by atoms with Crippen LogP contribution in [-0.4, -0.2) is 25.1 Å². The van der Waals surface area contributed by atoms with Crippen molar-refractivity contribution in [2.24, 2.45) is 5.73 Å². The van der Waals surface area contributed by atoms with E-state index >= 15 is 0 Å². The maximum atomic E-state index is 11.4. The zero-order chi connectivity index (χ0) is 13.8. The van der Waals surface area contributed by atoms with Crippen LogP contribution in [0, 0.1) is 0 Å². The molecule has 0 saturated carbocycles. The summed E-state index contributed by atoms with van der Waals surface area (Å²) in [7, 11) is -3.62. The minimum absolute atomic E-state index is 0.0355. The van der Waals surface area contributed by atoms with Gasteiger partial charge in [0.05, 0.1) is 12.8 Å². The quantitative estimate of drug-likeness (QED) is 0.783. The van der Waals surface area contributed by atoms with Gasteiger partial charge in [-0.1, -0.05) is 24.3 Å². The van der Waals surface area contributed by atoms with Gasteiger partial charge in [-0.2, -0.15) is 0 Å². The molecule has 0 saturated heterocycles. The van der Waals surface area contributed by atoms with Crippen LogP contribution in [-0.2, 0) is 32.7 Å². The summed E-state index contributed by atoms with van der Waals surface area (Å²) in [6, 6.07) is 7.11. The third-order valence-corrected chi connectivity index (χ3v) is 3.08. The van der Waals surface area contributed by atoms with E-state index in [1.807, 2.05) is 6.07 Å². The van der Waals surface area contributed by atoms with Gasteiger partial charge in [-0.25, -0.2) is 8.42 Å². The molecular weight excluding hydrogens is 256 g/mol. The predicted octanol–water partition coefficient (Wildman–Crippen LogP) is 0.385. The summed E-state index contributed by atoms with van der Waals surface area (Å²) >= 11 is 0. The molecule has 0 unspecified atom stereocenters. The van der Waals surface area contributed by atoms with E-state index in [2.05, 4.69) is 4.84 Å². The second-order valence-electron chi connectivity index (χ2n) is 3.83. The number of hydroxylamine groups is 1. The maximum absolute atomic E-state index is 11.4. The molecule has 0 radical (unpaired) electrons. The molecule has 0 spiro atoms. The van der Waals surface area contributed by atoms with Crippen LogP contribution in [0.2, 0.25) is 0 Å². The van der Waals surface area contributed by atoms with E-state index in [0.717, 1.165) is 18.7 Å². The molecular formula is C11H16N2O4S. The average Bonchev–Trinajstić information content (AvgIpc) is 2.26. The van der Waals surface area contributed by atoms with Gasteiger partial charge < -0.3 is 10.6 Å². The molecule has 1 aromatic carbocycles. The van der Waals surface area contributed by atoms with E-state index < -0.39 is 16.0 Å². The number of carbonyl (C=O) groups excluding carboxylic acids is 1. The highest BCUT2D eigenvalue weighted by molar-refractivity contribution is 7.88. The van der Waals surface area contributed by atoms with Crippen LogP contribution >= 0.6 is 0 Å². The molecule has 0 aliphatic carbocycles. The fraction of sp³-hybridized carbons (Fsp3) is 0.364. The van der Waals surface area contributed by atoms with E-state index in [1.54, 1.807) is 18.2 Å². The zero-order valence-corrected chi connectivity index (χ0v) is 11.1. The Hall–Kier alpha value is -1.44. The van der Waals surface area contributed by atoms with Gasteiger partial charge in [0, 0.05) is 13.5 Å². The van der Waals surface area contributed by atoms with E-state index in [9.17, 15) is 13.2 Å². The smallest absolute Gasteiger partial charge is 0.323 e. The van der Waals surface area contributed by atoms with Gasteiger partial charge in [0.1, 0.15) is 0 Å². The number of carbonyl (C=O) groups is 1. The predicted molar refractivity (Wildman–Crippen MR) is 66.5 cm³/mol. The fourth-order valence-electron chi connectivity index (χ4n) is 1.36. The monoisotopic (exact) mass is 272 g/mol. The molecule has 6 nitrogen and oxygen atoms in total. The Labute approximate surface area is 106 Å². The first kappa shape index (κ1) is 14.6. The number of benzene rings is 1. The van der Waals surface area contributed by atoms with Crippen molar-refractivity contribution in [2.45, 2.75) is 20.0 Å². The summed E-state index contributed by atoms with van der Waals surface area (Å²) in [6.07, 6.45) is 0.975. The van der Waals surface area contributed by atoms with Crippen molar-refractivity contribution in [2.75, 3.05) is 6.26 Å². The van der Waals surface area contributed by atoms with E-state index in [4.69, 9.17) is 5.73 Å². The number of hydrogen-bond donors (Lipinski definition) is 1. The zero-order valence-electron chi connectivity index (χ0n) is 10.3. The summed E-state index contributed by atoms with van der Waals surface area (Å²) < 4.78 is 23.6. The summed E-state index contributed by atoms with van der Waals surface area (Å²) in [5.74, 6) is -0.685. The lowest BCUT2D eigenvalue weighted by molar-refractivity contribution is -0.167. The summed E-state index contributed by atoms with van der Waals surface area (Å²) in [4.78, 5) is 15.5. The molecule has 0 amide bonds. The van der Waals surface area contributed by atoms with E-state index in [1.165, 1.54) is 0 Å². The number of nitrogens with zero attached hydrogens (tertiary/aromatic N) is 1. The van der Waals surface area contributed by atoms with Crippen LogP contribution in [0.15, 0.2) is 24.3 Å². The Morgan fingerprint density at radius 2 is 2.00 bits per heavy atom. The first-order valence-corrected chi connectivity index (χ1v) is 7.12. The highest BCUT2D eigenvalue weighted by Gasteiger charge is 2.20. The molecule has 2 N–H and O–H groups in total. The number of rotatable bonds is 5. The topological polar surface area (TPSA) is 89.7 Å².